The molecule has 0 atom stereocenters. The summed E-state index contributed by atoms with van der Waals surface area (Å²) in [6.07, 6.45) is 3.57. The highest BCUT2D eigenvalue weighted by molar-refractivity contribution is 7.91. The summed E-state index contributed by atoms with van der Waals surface area (Å²) in [6, 6.07) is 48.9. The Morgan fingerprint density at radius 2 is 0.755 bits per heavy atom. The zero-order valence-corrected chi connectivity index (χ0v) is 59.9. The Morgan fingerprint density at radius 3 is 1.03 bits per heavy atom. The van der Waals surface area contributed by atoms with Crippen LogP contribution in [0.5, 0.6) is 0 Å². The van der Waals surface area contributed by atoms with Crippen LogP contribution in [0.25, 0.3) is 78.3 Å². The highest BCUT2D eigenvalue weighted by Crippen LogP contribution is 2.38. The highest BCUT2D eigenvalue weighted by Gasteiger charge is 2.51. The SMILES string of the molecule is C=C(C)B1OC(C)(C)C(C)(C)O1.C=C(C)c1cc(-c2ccc(-c3cccc(S(C)(=O)=O)c3)cc2)n(CC(=O)O)n1.C=C(C)c1cc(-c2ccc(-c3cccc(S(C)(=O)=O)c3)cc2)n(CC(=O)OCC)n1.CCOC(=O)Cn1nc(C)cc1-c1ccc(-c2cccc(S(C)(=O)=O)c2)cc1. The van der Waals surface area contributed by atoms with Crippen molar-refractivity contribution in [2.24, 2.45) is 0 Å². The van der Waals surface area contributed by atoms with E-state index < -0.39 is 35.5 Å². The Balaban J connectivity index is 0.000000191. The lowest BCUT2D eigenvalue weighted by Gasteiger charge is -2.32. The zero-order chi connectivity index (χ0) is 72.2. The Bertz CT molecular complexity index is 4770. The number of hydrogen-bond acceptors (Lipinski definition) is 16. The molecule has 0 radical (unpaired) electrons. The van der Waals surface area contributed by atoms with Crippen LogP contribution in [0.1, 0.15) is 79.4 Å². The van der Waals surface area contributed by atoms with Gasteiger partial charge in [-0.15, -0.1) is 6.58 Å². The largest absolute Gasteiger partial charge is 0.489 e. The van der Waals surface area contributed by atoms with Crippen LogP contribution in [-0.4, -0.2) is 128 Å². The molecule has 1 aliphatic heterocycles. The maximum absolute atomic E-state index is 12.0. The minimum Gasteiger partial charge on any atom is -0.480 e. The minimum absolute atomic E-state index is 0.00854. The van der Waals surface area contributed by atoms with Gasteiger partial charge < -0.3 is 23.9 Å². The summed E-state index contributed by atoms with van der Waals surface area (Å²) in [4.78, 5) is 35.8. The van der Waals surface area contributed by atoms with Crippen LogP contribution in [0.4, 0.5) is 0 Å². The van der Waals surface area contributed by atoms with Gasteiger partial charge in [-0.2, -0.15) is 15.3 Å². The van der Waals surface area contributed by atoms with E-state index in [1.165, 1.54) is 23.4 Å². The Labute approximate surface area is 575 Å². The van der Waals surface area contributed by atoms with Crippen LogP contribution in [-0.2, 0) is 82.3 Å². The van der Waals surface area contributed by atoms with E-state index in [1.807, 2.05) is 165 Å². The highest BCUT2D eigenvalue weighted by atomic mass is 32.2. The molecule has 0 bridgehead atoms. The van der Waals surface area contributed by atoms with Crippen molar-refractivity contribution in [2.75, 3.05) is 32.0 Å². The maximum atomic E-state index is 12.0. The smallest absolute Gasteiger partial charge is 0.480 e. The molecular weight excluding hydrogens is 1300 g/mol. The summed E-state index contributed by atoms with van der Waals surface area (Å²) in [6.45, 7) is 31.2. The van der Waals surface area contributed by atoms with Crippen LogP contribution in [0.2, 0.25) is 0 Å². The van der Waals surface area contributed by atoms with Crippen molar-refractivity contribution in [2.45, 2.75) is 115 Å². The number of esters is 2. The van der Waals surface area contributed by atoms with Crippen molar-refractivity contribution >= 4 is 65.7 Å². The van der Waals surface area contributed by atoms with E-state index in [4.69, 9.17) is 23.9 Å². The van der Waals surface area contributed by atoms with Gasteiger partial charge in [-0.3, -0.25) is 28.4 Å². The van der Waals surface area contributed by atoms with E-state index >= 15 is 0 Å². The molecule has 0 spiro atoms. The van der Waals surface area contributed by atoms with Crippen LogP contribution < -0.4 is 0 Å². The molecule has 514 valence electrons. The number of nitrogens with zero attached hydrogens (tertiary/aromatic N) is 6. The predicted molar refractivity (Wildman–Crippen MR) is 385 cm³/mol. The van der Waals surface area contributed by atoms with Crippen LogP contribution in [0.15, 0.2) is 204 Å². The molecule has 1 aliphatic rings. The second kappa shape index (κ2) is 31.7. The van der Waals surface area contributed by atoms with Gasteiger partial charge in [0.1, 0.15) is 19.6 Å². The van der Waals surface area contributed by atoms with Crippen molar-refractivity contribution in [3.05, 3.63) is 206 Å². The lowest BCUT2D eigenvalue weighted by molar-refractivity contribution is -0.144. The first-order chi connectivity index (χ1) is 45.9. The summed E-state index contributed by atoms with van der Waals surface area (Å²) in [5.74, 6) is -1.67. The fourth-order valence-electron chi connectivity index (χ4n) is 9.90. The third-order valence-electron chi connectivity index (χ3n) is 15.8. The van der Waals surface area contributed by atoms with E-state index in [0.29, 0.717) is 30.3 Å². The van der Waals surface area contributed by atoms with Crippen molar-refractivity contribution in [3.8, 4) is 67.2 Å². The molecule has 1 saturated heterocycles. The average Bonchev–Trinajstić information content (AvgIpc) is 1.57. The third kappa shape index (κ3) is 20.0. The number of aryl methyl sites for hydroxylation is 1. The summed E-state index contributed by atoms with van der Waals surface area (Å²) in [5, 5.41) is 22.3. The van der Waals surface area contributed by atoms with Gasteiger partial charge in [0.15, 0.2) is 29.5 Å². The van der Waals surface area contributed by atoms with Gasteiger partial charge in [-0.1, -0.05) is 128 Å². The van der Waals surface area contributed by atoms with E-state index in [-0.39, 0.29) is 64.6 Å². The fourth-order valence-corrected chi connectivity index (χ4v) is 11.9. The molecule has 4 heterocycles. The summed E-state index contributed by atoms with van der Waals surface area (Å²) in [5.41, 5.74) is 14.1. The molecule has 0 amide bonds. The molecular formula is C74H83BN6O14S3. The second-order valence-corrected chi connectivity index (χ2v) is 30.7. The minimum atomic E-state index is -3.28. The van der Waals surface area contributed by atoms with Crippen molar-refractivity contribution in [1.82, 2.24) is 29.3 Å². The number of allylic oxidation sites excluding steroid dienone is 3. The lowest BCUT2D eigenvalue weighted by Crippen LogP contribution is -2.41. The third-order valence-corrected chi connectivity index (χ3v) is 19.1. The number of carboxylic acids is 1. The summed E-state index contributed by atoms with van der Waals surface area (Å²) < 4.78 is 96.9. The number of carbonyl (C=O) groups is 3. The molecule has 9 aromatic rings. The molecule has 1 N–H and O–H groups in total. The first kappa shape index (κ1) is 75.8. The first-order valence-corrected chi connectivity index (χ1v) is 36.8. The van der Waals surface area contributed by atoms with Crippen LogP contribution in [0.3, 0.4) is 0 Å². The average molecular weight is 1390 g/mol. The molecule has 0 unspecified atom stereocenters. The molecule has 24 heteroatoms. The van der Waals surface area contributed by atoms with Gasteiger partial charge in [0, 0.05) is 18.8 Å². The quantitative estimate of drug-likeness (QED) is 0.0549. The number of rotatable bonds is 20. The number of benzene rings is 6. The molecule has 3 aromatic heterocycles. The van der Waals surface area contributed by atoms with Crippen molar-refractivity contribution < 1.29 is 63.5 Å². The molecule has 98 heavy (non-hydrogen) atoms. The molecule has 6 aromatic carbocycles. The zero-order valence-electron chi connectivity index (χ0n) is 57.5. The lowest BCUT2D eigenvalue weighted by atomic mass is 9.81. The van der Waals surface area contributed by atoms with E-state index in [1.54, 1.807) is 77.8 Å². The fraction of sp³-hybridized carbons (Fsp3) is 0.270. The van der Waals surface area contributed by atoms with E-state index in [9.17, 15) is 39.6 Å². The maximum Gasteiger partial charge on any atom is 0.489 e. The Morgan fingerprint density at radius 1 is 0.459 bits per heavy atom. The number of aromatic nitrogens is 6. The van der Waals surface area contributed by atoms with Crippen molar-refractivity contribution in [1.29, 1.82) is 0 Å². The van der Waals surface area contributed by atoms with Gasteiger partial charge in [-0.25, -0.2) is 25.3 Å². The van der Waals surface area contributed by atoms with Gasteiger partial charge in [0.25, 0.3) is 0 Å². The molecule has 10 rings (SSSR count). The van der Waals surface area contributed by atoms with Gasteiger partial charge in [0.2, 0.25) is 0 Å². The number of hydrogen-bond donors (Lipinski definition) is 1. The first-order valence-electron chi connectivity index (χ1n) is 31.2. The van der Waals surface area contributed by atoms with Crippen LogP contribution >= 0.6 is 0 Å². The topological polar surface area (TPSA) is 264 Å². The molecule has 0 aliphatic carbocycles. The number of aliphatic carboxylic acids is 1. The number of carbonyl (C=O) groups excluding carboxylic acids is 2. The predicted octanol–water partition coefficient (Wildman–Crippen LogP) is 13.6. The van der Waals surface area contributed by atoms with Gasteiger partial charge in [-0.05, 0) is 185 Å². The van der Waals surface area contributed by atoms with Crippen LogP contribution in [0, 0.1) is 6.92 Å². The van der Waals surface area contributed by atoms with E-state index in [0.717, 1.165) is 83.8 Å². The Kier molecular flexibility index (Phi) is 24.5. The standard InChI is InChI=1S/C23H24N2O4S.C21H20N2O4S.C21H22N2O4S.C9H17BO2/c1-5-29-23(26)15-25-22(14-21(24-25)16(2)3)18-11-9-17(10-12-18)19-7-6-8-20(13-19)30(4,27)28;1-14(2)19-12-20(23(22-19)13-21(24)25)16-9-7-15(8-10-16)17-5-4-6-18(11-17)28(3,26)27;1-4-27-21(24)14-23-20(12-15(2)22-23)17-10-8-16(9-11-17)18-6-5-7-19(13-18)28(3,25)26;1-7(2)10-11-8(3,4)9(5,6)12-10/h6-14H,2,5,15H2,1,3-4H3;4-12H,1,13H2,2-3H3,(H,24,25);5-13H,4,14H2,1-3H3;1H2,2-6H3. The molecule has 1 fully saturated rings. The van der Waals surface area contributed by atoms with E-state index in [2.05, 4.69) is 35.0 Å². The number of sulfone groups is 3. The normalized spacial score (nSPS) is 13.1. The second-order valence-electron chi connectivity index (χ2n) is 24.6. The number of ether oxygens (including phenoxy) is 2. The van der Waals surface area contributed by atoms with Crippen molar-refractivity contribution in [3.63, 3.8) is 0 Å². The molecule has 20 nitrogen and oxygen atoms in total. The summed E-state index contributed by atoms with van der Waals surface area (Å²) in [7, 11) is -10.1. The van der Waals surface area contributed by atoms with Gasteiger partial charge in [0.05, 0.1) is 73.3 Å². The van der Waals surface area contributed by atoms with Gasteiger partial charge >= 0.3 is 25.0 Å². The monoisotopic (exact) mass is 1390 g/mol. The number of carboxylic acid groups (broad SMARTS) is 1. The summed E-state index contributed by atoms with van der Waals surface area (Å²) >= 11 is 0. The Hall–Kier alpha value is -9.59. The molecule has 0 saturated carbocycles.